The summed E-state index contributed by atoms with van der Waals surface area (Å²) in [4.78, 5) is 0. The Morgan fingerprint density at radius 2 is 1.94 bits per heavy atom. The number of rotatable bonds is 2. The first-order valence-corrected chi connectivity index (χ1v) is 5.25. The fourth-order valence-electron chi connectivity index (χ4n) is 2.06. The quantitative estimate of drug-likeness (QED) is 0.795. The van der Waals surface area contributed by atoms with Gasteiger partial charge in [0.05, 0.1) is 25.3 Å². The Labute approximate surface area is 100.0 Å². The van der Waals surface area contributed by atoms with Crippen molar-refractivity contribution in [3.63, 3.8) is 0 Å². The second-order valence-corrected chi connectivity index (χ2v) is 3.86. The molecule has 0 spiro atoms. The van der Waals surface area contributed by atoms with Gasteiger partial charge in [-0.05, 0) is 13.0 Å². The lowest BCUT2D eigenvalue weighted by Crippen LogP contribution is -1.94. The summed E-state index contributed by atoms with van der Waals surface area (Å²) in [5, 5.41) is 10.1. The lowest BCUT2D eigenvalue weighted by molar-refractivity contribution is 0.397. The molecule has 0 amide bonds. The molecule has 0 saturated heterocycles. The van der Waals surface area contributed by atoms with Crippen molar-refractivity contribution < 1.29 is 9.47 Å². The molecule has 0 unspecified atom stereocenters. The monoisotopic (exact) mass is 230 g/mol. The van der Waals surface area contributed by atoms with E-state index in [2.05, 4.69) is 6.07 Å². The number of methoxy groups -OCH3 is 2. The third-order valence-electron chi connectivity index (χ3n) is 3.09. The smallest absolute Gasteiger partial charge is 0.146 e. The summed E-state index contributed by atoms with van der Waals surface area (Å²) in [6.45, 7) is 1.92. The predicted octanol–water partition coefficient (Wildman–Crippen LogP) is 2.38. The van der Waals surface area contributed by atoms with Crippen molar-refractivity contribution in [3.05, 3.63) is 23.4 Å². The second-order valence-electron chi connectivity index (χ2n) is 3.86. The lowest BCUT2D eigenvalue weighted by Gasteiger charge is -2.07. The Bertz CT molecular complexity index is 621. The van der Waals surface area contributed by atoms with Gasteiger partial charge in [-0.15, -0.1) is 0 Å². The number of fused-ring (bicyclic) bond motifs is 1. The molecule has 1 heterocycles. The summed E-state index contributed by atoms with van der Waals surface area (Å²) in [5.74, 6) is 1.41. The van der Waals surface area contributed by atoms with Gasteiger partial charge in [0.1, 0.15) is 17.6 Å². The van der Waals surface area contributed by atoms with Gasteiger partial charge >= 0.3 is 0 Å². The van der Waals surface area contributed by atoms with Gasteiger partial charge in [0.25, 0.3) is 0 Å². The zero-order chi connectivity index (χ0) is 12.6. The van der Waals surface area contributed by atoms with Gasteiger partial charge in [-0.1, -0.05) is 0 Å². The maximum atomic E-state index is 9.21. The van der Waals surface area contributed by atoms with Crippen LogP contribution in [-0.4, -0.2) is 18.8 Å². The topological polar surface area (TPSA) is 47.2 Å². The highest BCUT2D eigenvalue weighted by molar-refractivity contribution is 5.93. The Morgan fingerprint density at radius 1 is 1.24 bits per heavy atom. The maximum Gasteiger partial charge on any atom is 0.146 e. The largest absolute Gasteiger partial charge is 0.497 e. The Morgan fingerprint density at radius 3 is 2.47 bits per heavy atom. The highest BCUT2D eigenvalue weighted by Crippen LogP contribution is 2.35. The number of aryl methyl sites for hydroxylation is 1. The molecular formula is C13H14N2O2. The summed E-state index contributed by atoms with van der Waals surface area (Å²) in [5.41, 5.74) is 2.51. The van der Waals surface area contributed by atoms with E-state index in [9.17, 15) is 5.26 Å². The van der Waals surface area contributed by atoms with Crippen LogP contribution in [-0.2, 0) is 7.05 Å². The van der Waals surface area contributed by atoms with Gasteiger partial charge in [0.2, 0.25) is 0 Å². The third-order valence-corrected chi connectivity index (χ3v) is 3.09. The van der Waals surface area contributed by atoms with E-state index in [0.29, 0.717) is 17.1 Å². The van der Waals surface area contributed by atoms with E-state index in [1.54, 1.807) is 14.2 Å². The summed E-state index contributed by atoms with van der Waals surface area (Å²) in [6, 6.07) is 5.92. The van der Waals surface area contributed by atoms with Crippen molar-refractivity contribution in [2.75, 3.05) is 14.2 Å². The van der Waals surface area contributed by atoms with Gasteiger partial charge in [-0.3, -0.25) is 0 Å². The highest BCUT2D eigenvalue weighted by Gasteiger charge is 2.16. The molecule has 17 heavy (non-hydrogen) atoms. The number of nitrogens with zero attached hydrogens (tertiary/aromatic N) is 2. The lowest BCUT2D eigenvalue weighted by atomic mass is 10.1. The minimum atomic E-state index is 0.666. The van der Waals surface area contributed by atoms with Crippen LogP contribution in [0.1, 0.15) is 11.3 Å². The van der Waals surface area contributed by atoms with Gasteiger partial charge in [-0.2, -0.15) is 5.26 Å². The molecule has 0 saturated carbocycles. The number of ether oxygens (including phenoxy) is 2. The van der Waals surface area contributed by atoms with Crippen LogP contribution in [0.25, 0.3) is 10.9 Å². The molecule has 0 atom stereocenters. The van der Waals surface area contributed by atoms with Crippen LogP contribution in [0.15, 0.2) is 12.1 Å². The fraction of sp³-hybridized carbons (Fsp3) is 0.308. The van der Waals surface area contributed by atoms with Gasteiger partial charge in [0, 0.05) is 24.2 Å². The van der Waals surface area contributed by atoms with Crippen molar-refractivity contribution >= 4 is 10.9 Å². The second kappa shape index (κ2) is 4.02. The fourth-order valence-corrected chi connectivity index (χ4v) is 2.06. The highest BCUT2D eigenvalue weighted by atomic mass is 16.5. The summed E-state index contributed by atoms with van der Waals surface area (Å²) >= 11 is 0. The van der Waals surface area contributed by atoms with E-state index in [-0.39, 0.29) is 0 Å². The molecule has 2 rings (SSSR count). The van der Waals surface area contributed by atoms with Crippen molar-refractivity contribution in [1.29, 1.82) is 5.26 Å². The van der Waals surface area contributed by atoms with Crippen LogP contribution in [0.5, 0.6) is 11.5 Å². The first kappa shape index (κ1) is 11.3. The molecule has 1 aromatic carbocycles. The van der Waals surface area contributed by atoms with Gasteiger partial charge < -0.3 is 14.0 Å². The average molecular weight is 230 g/mol. The standard InChI is InChI=1S/C13H14N2O2/c1-8-11(7-14)10-5-9(16-3)6-12(17-4)13(10)15(8)2/h5-6H,1-4H3. The molecule has 0 aliphatic carbocycles. The summed E-state index contributed by atoms with van der Waals surface area (Å²) in [7, 11) is 5.14. The normalized spacial score (nSPS) is 10.3. The zero-order valence-electron chi connectivity index (χ0n) is 10.4. The Kier molecular flexibility index (Phi) is 2.68. The van der Waals surface area contributed by atoms with E-state index in [1.807, 2.05) is 30.7 Å². The van der Waals surface area contributed by atoms with Gasteiger partial charge in [0.15, 0.2) is 0 Å². The van der Waals surface area contributed by atoms with Crippen molar-refractivity contribution in [1.82, 2.24) is 4.57 Å². The van der Waals surface area contributed by atoms with E-state index in [0.717, 1.165) is 16.6 Å². The van der Waals surface area contributed by atoms with Crippen LogP contribution in [0, 0.1) is 18.3 Å². The molecule has 0 bridgehead atoms. The summed E-state index contributed by atoms with van der Waals surface area (Å²) in [6.07, 6.45) is 0. The minimum absolute atomic E-state index is 0.666. The first-order chi connectivity index (χ1) is 8.13. The predicted molar refractivity (Wildman–Crippen MR) is 65.5 cm³/mol. The van der Waals surface area contributed by atoms with Crippen molar-refractivity contribution in [2.24, 2.45) is 7.05 Å². The first-order valence-electron chi connectivity index (χ1n) is 5.25. The van der Waals surface area contributed by atoms with Crippen molar-refractivity contribution in [3.8, 4) is 17.6 Å². The van der Waals surface area contributed by atoms with Crippen LogP contribution >= 0.6 is 0 Å². The molecule has 0 aliphatic heterocycles. The van der Waals surface area contributed by atoms with Crippen LogP contribution in [0.2, 0.25) is 0 Å². The maximum absolute atomic E-state index is 9.21. The molecule has 0 fully saturated rings. The Balaban J connectivity index is 2.95. The number of nitriles is 1. The number of aromatic nitrogens is 1. The average Bonchev–Trinajstić information content (AvgIpc) is 2.60. The van der Waals surface area contributed by atoms with E-state index in [1.165, 1.54) is 0 Å². The van der Waals surface area contributed by atoms with E-state index in [4.69, 9.17) is 9.47 Å². The van der Waals surface area contributed by atoms with Crippen LogP contribution in [0.4, 0.5) is 0 Å². The SMILES string of the molecule is COc1cc(OC)c2c(c1)c(C#N)c(C)n2C. The van der Waals surface area contributed by atoms with E-state index >= 15 is 0 Å². The molecular weight excluding hydrogens is 216 g/mol. The Hall–Kier alpha value is -2.15. The molecule has 0 radical (unpaired) electrons. The van der Waals surface area contributed by atoms with Crippen LogP contribution in [0.3, 0.4) is 0 Å². The summed E-state index contributed by atoms with van der Waals surface area (Å²) < 4.78 is 12.5. The number of hydrogen-bond acceptors (Lipinski definition) is 3. The molecule has 4 heteroatoms. The van der Waals surface area contributed by atoms with E-state index < -0.39 is 0 Å². The zero-order valence-corrected chi connectivity index (χ0v) is 10.4. The minimum Gasteiger partial charge on any atom is -0.497 e. The molecule has 1 aromatic heterocycles. The van der Waals surface area contributed by atoms with Gasteiger partial charge in [-0.25, -0.2) is 0 Å². The molecule has 88 valence electrons. The molecule has 0 N–H and O–H groups in total. The molecule has 4 nitrogen and oxygen atoms in total. The number of hydrogen-bond donors (Lipinski definition) is 0. The third kappa shape index (κ3) is 1.51. The van der Waals surface area contributed by atoms with Crippen LogP contribution < -0.4 is 9.47 Å². The number of benzene rings is 1. The molecule has 2 aromatic rings. The molecule has 0 aliphatic rings. The van der Waals surface area contributed by atoms with Crippen molar-refractivity contribution in [2.45, 2.75) is 6.92 Å².